The predicted molar refractivity (Wildman–Crippen MR) is 115 cm³/mol. The molecule has 1 heterocycles. The van der Waals surface area contributed by atoms with E-state index in [-0.39, 0.29) is 18.2 Å². The lowest BCUT2D eigenvalue weighted by Gasteiger charge is -2.57. The van der Waals surface area contributed by atoms with Crippen molar-refractivity contribution in [3.8, 4) is 11.9 Å². The maximum Gasteiger partial charge on any atom is 0.182 e. The maximum atomic E-state index is 10.8. The quantitative estimate of drug-likeness (QED) is 0.326. The van der Waals surface area contributed by atoms with E-state index in [9.17, 15) is 10.4 Å². The van der Waals surface area contributed by atoms with Crippen LogP contribution in [0.3, 0.4) is 0 Å². The first kappa shape index (κ1) is 20.1. The van der Waals surface area contributed by atoms with Gasteiger partial charge < -0.3 is 9.84 Å². The number of benzene rings is 1. The standard InChI is InChI=1S/C23H29ClN4O2/c1-14(28-11-20(12-28)30-19-4-2-18(24)3-5-19)22(26-13-25)27-21-16-6-15-7-17(21)10-23(29,8-15)9-16/h2-5,14-17,20-21,29H,6-12H2,1H3,(H,26,27). The van der Waals surface area contributed by atoms with Gasteiger partial charge in [0.05, 0.1) is 17.7 Å². The van der Waals surface area contributed by atoms with Gasteiger partial charge in [-0.1, -0.05) is 11.6 Å². The average molecular weight is 429 g/mol. The zero-order valence-corrected chi connectivity index (χ0v) is 18.1. The summed E-state index contributed by atoms with van der Waals surface area (Å²) in [6.45, 7) is 3.70. The number of amidine groups is 1. The van der Waals surface area contributed by atoms with Gasteiger partial charge in [-0.2, -0.15) is 5.26 Å². The highest BCUT2D eigenvalue weighted by Crippen LogP contribution is 2.56. The van der Waals surface area contributed by atoms with Crippen LogP contribution in [0.1, 0.15) is 39.0 Å². The van der Waals surface area contributed by atoms with Crippen LogP contribution < -0.4 is 10.1 Å². The van der Waals surface area contributed by atoms with Crippen LogP contribution in [0.2, 0.25) is 5.02 Å². The molecule has 1 aromatic rings. The highest BCUT2D eigenvalue weighted by molar-refractivity contribution is 6.30. The SMILES string of the molecule is CC(C(=NC1C2CC3CC1CC(O)(C3)C2)NC#N)N1CC(Oc2ccc(Cl)cc2)C1. The van der Waals surface area contributed by atoms with E-state index < -0.39 is 5.60 Å². The number of likely N-dealkylation sites (tertiary alicyclic amines) is 1. The van der Waals surface area contributed by atoms with Gasteiger partial charge in [0.1, 0.15) is 17.7 Å². The van der Waals surface area contributed by atoms with Crippen molar-refractivity contribution in [2.45, 2.75) is 62.8 Å². The van der Waals surface area contributed by atoms with E-state index in [4.69, 9.17) is 21.3 Å². The van der Waals surface area contributed by atoms with Crippen LogP contribution in [0.15, 0.2) is 29.3 Å². The average Bonchev–Trinajstić information content (AvgIpc) is 2.66. The molecule has 5 aliphatic rings. The van der Waals surface area contributed by atoms with Gasteiger partial charge in [0.15, 0.2) is 6.19 Å². The van der Waals surface area contributed by atoms with Crippen molar-refractivity contribution >= 4 is 17.4 Å². The summed E-state index contributed by atoms with van der Waals surface area (Å²) in [5.41, 5.74) is -0.458. The maximum absolute atomic E-state index is 10.8. The van der Waals surface area contributed by atoms with Gasteiger partial charge in [0.25, 0.3) is 0 Å². The van der Waals surface area contributed by atoms with Gasteiger partial charge >= 0.3 is 0 Å². The molecule has 0 spiro atoms. The third kappa shape index (κ3) is 3.79. The summed E-state index contributed by atoms with van der Waals surface area (Å²) in [5.74, 6) is 3.13. The van der Waals surface area contributed by atoms with Gasteiger partial charge in [0, 0.05) is 18.1 Å². The Morgan fingerprint density at radius 3 is 2.53 bits per heavy atom. The Balaban J connectivity index is 1.23. The molecule has 1 saturated heterocycles. The van der Waals surface area contributed by atoms with Gasteiger partial charge in [-0.3, -0.25) is 15.2 Å². The molecule has 6 rings (SSSR count). The lowest BCUT2D eigenvalue weighted by Crippen LogP contribution is -2.61. The van der Waals surface area contributed by atoms with Crippen LogP contribution in [-0.2, 0) is 0 Å². The second-order valence-electron chi connectivity index (χ2n) is 9.76. The lowest BCUT2D eigenvalue weighted by molar-refractivity contribution is -0.132. The third-order valence-electron chi connectivity index (χ3n) is 7.60. The molecule has 7 heteroatoms. The number of nitriles is 1. The molecule has 3 atom stereocenters. The Hall–Kier alpha value is -1.81. The molecule has 6 nitrogen and oxygen atoms in total. The van der Waals surface area contributed by atoms with Crippen LogP contribution in [0.5, 0.6) is 5.75 Å². The van der Waals surface area contributed by atoms with E-state index >= 15 is 0 Å². The Labute approximate surface area is 182 Å². The van der Waals surface area contributed by atoms with Crippen molar-refractivity contribution in [1.82, 2.24) is 10.2 Å². The van der Waals surface area contributed by atoms with Crippen molar-refractivity contribution < 1.29 is 9.84 Å². The zero-order chi connectivity index (χ0) is 20.9. The fourth-order valence-corrected chi connectivity index (χ4v) is 6.49. The molecule has 5 fully saturated rings. The van der Waals surface area contributed by atoms with Gasteiger partial charge in [-0.25, -0.2) is 0 Å². The number of ether oxygens (including phenoxy) is 1. The molecule has 4 aliphatic carbocycles. The molecule has 1 aliphatic heterocycles. The lowest BCUT2D eigenvalue weighted by atomic mass is 9.52. The molecule has 0 aromatic heterocycles. The topological polar surface area (TPSA) is 80.9 Å². The van der Waals surface area contributed by atoms with Crippen LogP contribution in [0, 0.1) is 29.2 Å². The van der Waals surface area contributed by atoms with Gasteiger partial charge in [0.2, 0.25) is 0 Å². The Bertz CT molecular complexity index is 845. The summed E-state index contributed by atoms with van der Waals surface area (Å²) >= 11 is 5.93. The summed E-state index contributed by atoms with van der Waals surface area (Å²) in [6.07, 6.45) is 7.26. The van der Waals surface area contributed by atoms with Crippen LogP contribution in [0.25, 0.3) is 0 Å². The molecule has 1 aromatic carbocycles. The highest BCUT2D eigenvalue weighted by Gasteiger charge is 2.55. The summed E-state index contributed by atoms with van der Waals surface area (Å²) in [4.78, 5) is 7.38. The zero-order valence-electron chi connectivity index (χ0n) is 17.3. The molecular formula is C23H29ClN4O2. The number of nitrogens with one attached hydrogen (secondary N) is 1. The Morgan fingerprint density at radius 1 is 1.27 bits per heavy atom. The normalized spacial score (nSPS) is 36.8. The molecule has 4 saturated carbocycles. The summed E-state index contributed by atoms with van der Waals surface area (Å²) in [6, 6.07) is 7.70. The Kier molecular flexibility index (Phi) is 5.17. The second kappa shape index (κ2) is 7.71. The summed E-state index contributed by atoms with van der Waals surface area (Å²) < 4.78 is 6.01. The van der Waals surface area contributed by atoms with Gasteiger partial charge in [-0.15, -0.1) is 0 Å². The molecule has 4 bridgehead atoms. The van der Waals surface area contributed by atoms with Crippen molar-refractivity contribution in [3.63, 3.8) is 0 Å². The minimum atomic E-state index is -0.458. The number of hydrogen-bond donors (Lipinski definition) is 2. The molecular weight excluding hydrogens is 400 g/mol. The number of hydrogen-bond acceptors (Lipinski definition) is 5. The van der Waals surface area contributed by atoms with E-state index in [1.54, 1.807) is 0 Å². The van der Waals surface area contributed by atoms with Crippen molar-refractivity contribution in [3.05, 3.63) is 29.3 Å². The fraction of sp³-hybridized carbons (Fsp3) is 0.652. The largest absolute Gasteiger partial charge is 0.488 e. The second-order valence-corrected chi connectivity index (χ2v) is 10.2. The number of halogens is 1. The molecule has 30 heavy (non-hydrogen) atoms. The molecule has 0 radical (unpaired) electrons. The van der Waals surface area contributed by atoms with Crippen molar-refractivity contribution in [1.29, 1.82) is 5.26 Å². The smallest absolute Gasteiger partial charge is 0.182 e. The minimum Gasteiger partial charge on any atom is -0.488 e. The van der Waals surface area contributed by atoms with E-state index in [1.165, 1.54) is 12.8 Å². The Morgan fingerprint density at radius 2 is 1.93 bits per heavy atom. The summed E-state index contributed by atoms with van der Waals surface area (Å²) in [5, 5.41) is 23.7. The molecule has 160 valence electrons. The van der Waals surface area contributed by atoms with Crippen LogP contribution in [-0.4, -0.2) is 52.7 Å². The number of rotatable bonds is 5. The van der Waals surface area contributed by atoms with Gasteiger partial charge in [-0.05, 0) is 81.0 Å². The van der Waals surface area contributed by atoms with Crippen LogP contribution >= 0.6 is 11.6 Å². The van der Waals surface area contributed by atoms with Crippen molar-refractivity contribution in [2.75, 3.05) is 13.1 Å². The summed E-state index contributed by atoms with van der Waals surface area (Å²) in [7, 11) is 0. The van der Waals surface area contributed by atoms with E-state index in [2.05, 4.69) is 23.3 Å². The van der Waals surface area contributed by atoms with E-state index in [0.717, 1.165) is 43.9 Å². The number of nitrogens with zero attached hydrogens (tertiary/aromatic N) is 3. The first-order chi connectivity index (χ1) is 14.4. The first-order valence-electron chi connectivity index (χ1n) is 11.0. The van der Waals surface area contributed by atoms with Crippen LogP contribution in [0.4, 0.5) is 0 Å². The number of aliphatic hydroxyl groups is 1. The monoisotopic (exact) mass is 428 g/mol. The molecule has 2 N–H and O–H groups in total. The predicted octanol–water partition coefficient (Wildman–Crippen LogP) is 3.20. The van der Waals surface area contributed by atoms with E-state index in [0.29, 0.717) is 22.8 Å². The minimum absolute atomic E-state index is 0.0370. The number of aliphatic imine (C=N–C) groups is 1. The highest BCUT2D eigenvalue weighted by atomic mass is 35.5. The molecule has 3 unspecified atom stereocenters. The first-order valence-corrected chi connectivity index (χ1v) is 11.4. The van der Waals surface area contributed by atoms with Crippen molar-refractivity contribution in [2.24, 2.45) is 22.7 Å². The fourth-order valence-electron chi connectivity index (χ4n) is 6.37. The van der Waals surface area contributed by atoms with E-state index in [1.807, 2.05) is 24.3 Å². The molecule has 0 amide bonds. The third-order valence-corrected chi connectivity index (χ3v) is 7.85.